The van der Waals surface area contributed by atoms with Crippen molar-refractivity contribution in [2.24, 2.45) is 0 Å². The van der Waals surface area contributed by atoms with Gasteiger partial charge in [-0.25, -0.2) is 4.98 Å². The number of nitrogens with one attached hydrogen (secondary N) is 2. The highest BCUT2D eigenvalue weighted by atomic mass is 16.2. The smallest absolute Gasteiger partial charge is 0.260 e. The van der Waals surface area contributed by atoms with E-state index >= 15 is 0 Å². The second-order valence-electron chi connectivity index (χ2n) is 5.75. The Bertz CT molecular complexity index is 871. The Morgan fingerprint density at radius 3 is 3.00 bits per heavy atom. The lowest BCUT2D eigenvalue weighted by atomic mass is 10.1. The lowest BCUT2D eigenvalue weighted by molar-refractivity contribution is 0.0994. The molecule has 0 radical (unpaired) electrons. The molecule has 0 unspecified atom stereocenters. The van der Waals surface area contributed by atoms with Crippen LogP contribution in [-0.4, -0.2) is 22.9 Å². The van der Waals surface area contributed by atoms with E-state index in [9.17, 15) is 4.79 Å². The van der Waals surface area contributed by atoms with E-state index in [0.717, 1.165) is 24.2 Å². The summed E-state index contributed by atoms with van der Waals surface area (Å²) in [7, 11) is 1.73. The summed E-state index contributed by atoms with van der Waals surface area (Å²) in [5, 5.41) is 6.50. The Labute approximate surface area is 139 Å². The predicted octanol–water partition coefficient (Wildman–Crippen LogP) is 3.46. The van der Waals surface area contributed by atoms with E-state index in [4.69, 9.17) is 0 Å². The molecule has 0 saturated carbocycles. The summed E-state index contributed by atoms with van der Waals surface area (Å²) in [6.45, 7) is 0. The van der Waals surface area contributed by atoms with Gasteiger partial charge >= 0.3 is 0 Å². The SMILES string of the molecule is CN1C(=O)c2ccccc2Nc2nc(NC3=CC=CCC3)ncc21. The molecule has 1 aromatic carbocycles. The van der Waals surface area contributed by atoms with Crippen molar-refractivity contribution in [2.75, 3.05) is 22.6 Å². The number of hydrogen-bond donors (Lipinski definition) is 2. The second kappa shape index (κ2) is 5.81. The molecule has 0 spiro atoms. The highest BCUT2D eigenvalue weighted by molar-refractivity contribution is 6.12. The maximum absolute atomic E-state index is 12.6. The van der Waals surface area contributed by atoms with Gasteiger partial charge in [0.25, 0.3) is 5.91 Å². The second-order valence-corrected chi connectivity index (χ2v) is 5.75. The van der Waals surface area contributed by atoms with E-state index in [2.05, 4.69) is 26.7 Å². The third-order valence-corrected chi connectivity index (χ3v) is 4.13. The quantitative estimate of drug-likeness (QED) is 0.887. The monoisotopic (exact) mass is 319 g/mol. The maximum atomic E-state index is 12.6. The Hall–Kier alpha value is -3.15. The molecule has 1 amide bonds. The number of fused-ring (bicyclic) bond motifs is 2. The van der Waals surface area contributed by atoms with Crippen molar-refractivity contribution in [1.29, 1.82) is 0 Å². The Balaban J connectivity index is 1.72. The lowest BCUT2D eigenvalue weighted by Crippen LogP contribution is -2.25. The van der Waals surface area contributed by atoms with Gasteiger partial charge in [0.2, 0.25) is 5.95 Å². The minimum atomic E-state index is -0.0821. The summed E-state index contributed by atoms with van der Waals surface area (Å²) >= 11 is 0. The zero-order valence-electron chi connectivity index (χ0n) is 13.3. The number of amides is 1. The molecule has 24 heavy (non-hydrogen) atoms. The summed E-state index contributed by atoms with van der Waals surface area (Å²) in [4.78, 5) is 23.1. The number of carbonyl (C=O) groups is 1. The molecule has 1 aromatic heterocycles. The van der Waals surface area contributed by atoms with Crippen LogP contribution < -0.4 is 15.5 Å². The van der Waals surface area contributed by atoms with Gasteiger partial charge in [0.1, 0.15) is 5.69 Å². The molecule has 2 N–H and O–H groups in total. The molecule has 0 saturated heterocycles. The Morgan fingerprint density at radius 2 is 2.17 bits per heavy atom. The van der Waals surface area contributed by atoms with Crippen LogP contribution in [0.15, 0.2) is 54.4 Å². The number of carbonyl (C=O) groups excluding carboxylic acids is 1. The third-order valence-electron chi connectivity index (χ3n) is 4.13. The Kier molecular flexibility index (Phi) is 3.49. The van der Waals surface area contributed by atoms with Gasteiger partial charge in [0.15, 0.2) is 5.82 Å². The molecule has 0 atom stereocenters. The summed E-state index contributed by atoms with van der Waals surface area (Å²) in [5.41, 5.74) is 3.10. The van der Waals surface area contributed by atoms with Gasteiger partial charge in [0, 0.05) is 12.7 Å². The molecule has 0 fully saturated rings. The van der Waals surface area contributed by atoms with Crippen molar-refractivity contribution >= 4 is 29.0 Å². The van der Waals surface area contributed by atoms with Crippen molar-refractivity contribution < 1.29 is 4.79 Å². The van der Waals surface area contributed by atoms with Crippen molar-refractivity contribution in [3.63, 3.8) is 0 Å². The van der Waals surface area contributed by atoms with Crippen molar-refractivity contribution in [1.82, 2.24) is 9.97 Å². The minimum absolute atomic E-state index is 0.0821. The molecule has 120 valence electrons. The average Bonchev–Trinajstić information content (AvgIpc) is 2.71. The molecular formula is C18H17N5O. The standard InChI is InChI=1S/C18H17N5O/c1-23-15-11-19-18(20-12-7-3-2-4-8-12)22-16(15)21-14-10-6-5-9-13(14)17(23)24/h2-3,5-7,9-11H,4,8H2,1H3,(H2,19,20,21,22). The number of hydrogen-bond acceptors (Lipinski definition) is 5. The number of aromatic nitrogens is 2. The van der Waals surface area contributed by atoms with Crippen LogP contribution in [0.25, 0.3) is 0 Å². The van der Waals surface area contributed by atoms with Crippen LogP contribution in [-0.2, 0) is 0 Å². The van der Waals surface area contributed by atoms with Crippen molar-refractivity contribution in [3.8, 4) is 0 Å². The van der Waals surface area contributed by atoms with Crippen LogP contribution in [0.5, 0.6) is 0 Å². The molecular weight excluding hydrogens is 302 g/mol. The summed E-state index contributed by atoms with van der Waals surface area (Å²) in [6, 6.07) is 7.42. The molecule has 6 heteroatoms. The van der Waals surface area contributed by atoms with Crippen molar-refractivity contribution in [2.45, 2.75) is 12.8 Å². The fraction of sp³-hybridized carbons (Fsp3) is 0.167. The highest BCUT2D eigenvalue weighted by Crippen LogP contribution is 2.33. The first kappa shape index (κ1) is 14.4. The van der Waals surface area contributed by atoms with E-state index in [1.807, 2.05) is 30.4 Å². The fourth-order valence-electron chi connectivity index (χ4n) is 2.82. The topological polar surface area (TPSA) is 70.2 Å². The zero-order valence-corrected chi connectivity index (χ0v) is 13.3. The van der Waals surface area contributed by atoms with E-state index in [-0.39, 0.29) is 5.91 Å². The van der Waals surface area contributed by atoms with Gasteiger partial charge in [-0.15, -0.1) is 0 Å². The van der Waals surface area contributed by atoms with E-state index in [1.54, 1.807) is 24.2 Å². The Morgan fingerprint density at radius 1 is 1.29 bits per heavy atom. The molecule has 1 aliphatic heterocycles. The lowest BCUT2D eigenvalue weighted by Gasteiger charge is -2.17. The molecule has 0 bridgehead atoms. The first-order valence-electron chi connectivity index (χ1n) is 7.86. The zero-order chi connectivity index (χ0) is 16.5. The van der Waals surface area contributed by atoms with E-state index in [1.165, 1.54) is 0 Å². The number of para-hydroxylation sites is 1. The highest BCUT2D eigenvalue weighted by Gasteiger charge is 2.25. The first-order chi connectivity index (χ1) is 11.7. The van der Waals surface area contributed by atoms with Gasteiger partial charge in [-0.05, 0) is 31.1 Å². The van der Waals surface area contributed by atoms with Gasteiger partial charge in [-0.3, -0.25) is 4.79 Å². The largest absolute Gasteiger partial charge is 0.338 e. The molecule has 2 heterocycles. The minimum Gasteiger partial charge on any atom is -0.338 e. The number of benzene rings is 1. The molecule has 6 nitrogen and oxygen atoms in total. The number of rotatable bonds is 2. The van der Waals surface area contributed by atoms with Crippen LogP contribution in [0.1, 0.15) is 23.2 Å². The molecule has 1 aliphatic carbocycles. The fourth-order valence-corrected chi connectivity index (χ4v) is 2.82. The van der Waals surface area contributed by atoms with Gasteiger partial charge in [-0.1, -0.05) is 24.3 Å². The van der Waals surface area contributed by atoms with E-state index in [0.29, 0.717) is 23.0 Å². The van der Waals surface area contributed by atoms with Gasteiger partial charge in [0.05, 0.1) is 17.4 Å². The van der Waals surface area contributed by atoms with Crippen LogP contribution in [0.4, 0.5) is 23.1 Å². The summed E-state index contributed by atoms with van der Waals surface area (Å²) in [5.74, 6) is 1.05. The van der Waals surface area contributed by atoms with E-state index < -0.39 is 0 Å². The maximum Gasteiger partial charge on any atom is 0.260 e. The number of anilines is 4. The van der Waals surface area contributed by atoms with Gasteiger partial charge < -0.3 is 15.5 Å². The summed E-state index contributed by atoms with van der Waals surface area (Å²) < 4.78 is 0. The average molecular weight is 319 g/mol. The number of allylic oxidation sites excluding steroid dienone is 4. The summed E-state index contributed by atoms with van der Waals surface area (Å²) in [6.07, 6.45) is 9.79. The molecule has 4 rings (SSSR count). The molecule has 2 aliphatic rings. The van der Waals surface area contributed by atoms with Crippen LogP contribution in [0, 0.1) is 0 Å². The van der Waals surface area contributed by atoms with Gasteiger partial charge in [-0.2, -0.15) is 4.98 Å². The number of nitrogens with zero attached hydrogens (tertiary/aromatic N) is 3. The predicted molar refractivity (Wildman–Crippen MR) is 94.6 cm³/mol. The third kappa shape index (κ3) is 2.52. The first-order valence-corrected chi connectivity index (χ1v) is 7.86. The van der Waals surface area contributed by atoms with Crippen LogP contribution in [0.3, 0.4) is 0 Å². The van der Waals surface area contributed by atoms with Crippen LogP contribution >= 0.6 is 0 Å². The van der Waals surface area contributed by atoms with Crippen LogP contribution in [0.2, 0.25) is 0 Å². The van der Waals surface area contributed by atoms with Crippen molar-refractivity contribution in [3.05, 3.63) is 60.0 Å². The molecule has 2 aromatic rings. The normalized spacial score (nSPS) is 15.8.